The van der Waals surface area contributed by atoms with Gasteiger partial charge in [-0.25, -0.2) is 0 Å². The van der Waals surface area contributed by atoms with E-state index < -0.39 is 0 Å². The van der Waals surface area contributed by atoms with Gasteiger partial charge in [-0.15, -0.1) is 0 Å². The van der Waals surface area contributed by atoms with Crippen molar-refractivity contribution in [1.82, 2.24) is 4.90 Å². The molecule has 0 unspecified atom stereocenters. The number of hydrogen-bond acceptors (Lipinski definition) is 3. The predicted octanol–water partition coefficient (Wildman–Crippen LogP) is -0.742. The van der Waals surface area contributed by atoms with E-state index in [1.54, 1.807) is 0 Å². The van der Waals surface area contributed by atoms with Crippen LogP contribution in [0.3, 0.4) is 0 Å². The fraction of sp³-hybridized carbons (Fsp3) is 1.00. The molecule has 0 radical (unpaired) electrons. The first-order valence-corrected chi connectivity index (χ1v) is 3.79. The van der Waals surface area contributed by atoms with Gasteiger partial charge in [-0.3, -0.25) is 0 Å². The van der Waals surface area contributed by atoms with Crippen LogP contribution in [0.4, 0.5) is 0 Å². The second-order valence-electron chi connectivity index (χ2n) is 3.16. The molecular formula is C7H16N2O. The number of nitrogens with zero attached hydrogens (tertiary/aromatic N) is 1. The summed E-state index contributed by atoms with van der Waals surface area (Å²) in [6, 6.07) is 0.209. The first-order chi connectivity index (χ1) is 4.74. The minimum absolute atomic E-state index is 0.209. The van der Waals surface area contributed by atoms with Gasteiger partial charge in [-0.05, 0) is 20.0 Å². The molecule has 3 nitrogen and oxygen atoms in total. The number of likely N-dealkylation sites (tertiary alicyclic amines) is 1. The van der Waals surface area contributed by atoms with Gasteiger partial charge in [-0.2, -0.15) is 0 Å². The molecule has 2 atom stereocenters. The molecule has 60 valence electrons. The average Bonchev–Trinajstić information content (AvgIpc) is 1.94. The van der Waals surface area contributed by atoms with Crippen LogP contribution < -0.4 is 5.73 Å². The summed E-state index contributed by atoms with van der Waals surface area (Å²) in [6.07, 6.45) is 1.02. The molecule has 0 saturated carbocycles. The highest BCUT2D eigenvalue weighted by Crippen LogP contribution is 2.12. The summed E-state index contributed by atoms with van der Waals surface area (Å²) >= 11 is 0. The molecular weight excluding hydrogens is 128 g/mol. The van der Waals surface area contributed by atoms with Crippen LogP contribution in [0, 0.1) is 5.92 Å². The van der Waals surface area contributed by atoms with Crippen molar-refractivity contribution in [2.45, 2.75) is 12.5 Å². The van der Waals surface area contributed by atoms with E-state index >= 15 is 0 Å². The highest BCUT2D eigenvalue weighted by Gasteiger charge is 2.23. The Labute approximate surface area is 61.8 Å². The lowest BCUT2D eigenvalue weighted by Gasteiger charge is -2.33. The van der Waals surface area contributed by atoms with Crippen LogP contribution in [-0.4, -0.2) is 42.8 Å². The van der Waals surface area contributed by atoms with Gasteiger partial charge in [0.2, 0.25) is 0 Å². The molecule has 0 aliphatic carbocycles. The molecule has 1 aliphatic heterocycles. The Kier molecular flexibility index (Phi) is 2.65. The second kappa shape index (κ2) is 3.32. The largest absolute Gasteiger partial charge is 0.396 e. The molecule has 1 fully saturated rings. The third kappa shape index (κ3) is 1.68. The van der Waals surface area contributed by atoms with Crippen molar-refractivity contribution in [2.75, 3.05) is 26.7 Å². The third-order valence-corrected chi connectivity index (χ3v) is 2.23. The van der Waals surface area contributed by atoms with Crippen molar-refractivity contribution < 1.29 is 5.11 Å². The maximum absolute atomic E-state index is 8.87. The Morgan fingerprint density at radius 2 is 2.40 bits per heavy atom. The smallest absolute Gasteiger partial charge is 0.0486 e. The van der Waals surface area contributed by atoms with E-state index in [9.17, 15) is 0 Å². The van der Waals surface area contributed by atoms with Crippen molar-refractivity contribution >= 4 is 0 Å². The minimum atomic E-state index is 0.209. The van der Waals surface area contributed by atoms with Crippen molar-refractivity contribution in [3.05, 3.63) is 0 Å². The van der Waals surface area contributed by atoms with Crippen molar-refractivity contribution in [3.8, 4) is 0 Å². The summed E-state index contributed by atoms with van der Waals surface area (Å²) in [5.41, 5.74) is 5.77. The van der Waals surface area contributed by atoms with Crippen LogP contribution in [0.15, 0.2) is 0 Å². The van der Waals surface area contributed by atoms with E-state index in [0.29, 0.717) is 5.92 Å². The summed E-state index contributed by atoms with van der Waals surface area (Å²) in [5.74, 6) is 0.291. The first kappa shape index (κ1) is 7.98. The third-order valence-electron chi connectivity index (χ3n) is 2.23. The highest BCUT2D eigenvalue weighted by molar-refractivity contribution is 4.80. The summed E-state index contributed by atoms with van der Waals surface area (Å²) < 4.78 is 0. The monoisotopic (exact) mass is 144 g/mol. The van der Waals surface area contributed by atoms with Gasteiger partial charge < -0.3 is 15.7 Å². The molecule has 0 aromatic heterocycles. The van der Waals surface area contributed by atoms with Crippen molar-refractivity contribution in [2.24, 2.45) is 11.7 Å². The average molecular weight is 144 g/mol. The van der Waals surface area contributed by atoms with Crippen LogP contribution >= 0.6 is 0 Å². The fourth-order valence-electron chi connectivity index (χ4n) is 1.43. The first-order valence-electron chi connectivity index (χ1n) is 3.79. The zero-order valence-corrected chi connectivity index (χ0v) is 6.45. The zero-order chi connectivity index (χ0) is 7.56. The number of aliphatic hydroxyl groups excluding tert-OH is 1. The number of piperidine rings is 1. The molecule has 1 saturated heterocycles. The molecule has 1 heterocycles. The Morgan fingerprint density at radius 1 is 1.70 bits per heavy atom. The maximum atomic E-state index is 8.87. The minimum Gasteiger partial charge on any atom is -0.396 e. The molecule has 10 heavy (non-hydrogen) atoms. The molecule has 3 N–H and O–H groups in total. The number of rotatable bonds is 1. The van der Waals surface area contributed by atoms with Crippen LogP contribution in [0.2, 0.25) is 0 Å². The number of hydrogen-bond donors (Lipinski definition) is 2. The SMILES string of the molecule is CN1CC[C@H](N)[C@@H](CO)C1. The van der Waals surface area contributed by atoms with E-state index in [2.05, 4.69) is 11.9 Å². The Bertz CT molecular complexity index is 108. The molecule has 0 aromatic carbocycles. The molecule has 1 rings (SSSR count). The van der Waals surface area contributed by atoms with Gasteiger partial charge in [0.05, 0.1) is 0 Å². The van der Waals surface area contributed by atoms with Crippen LogP contribution in [0.25, 0.3) is 0 Å². The van der Waals surface area contributed by atoms with Gasteiger partial charge in [0.1, 0.15) is 0 Å². The summed E-state index contributed by atoms with van der Waals surface area (Å²) in [6.45, 7) is 2.24. The van der Waals surface area contributed by atoms with E-state index in [-0.39, 0.29) is 12.6 Å². The van der Waals surface area contributed by atoms with E-state index in [1.165, 1.54) is 0 Å². The van der Waals surface area contributed by atoms with Gasteiger partial charge in [0.15, 0.2) is 0 Å². The van der Waals surface area contributed by atoms with Gasteiger partial charge in [-0.1, -0.05) is 0 Å². The van der Waals surface area contributed by atoms with Crippen LogP contribution in [0.1, 0.15) is 6.42 Å². The second-order valence-corrected chi connectivity index (χ2v) is 3.16. The van der Waals surface area contributed by atoms with Crippen molar-refractivity contribution in [3.63, 3.8) is 0 Å². The van der Waals surface area contributed by atoms with Gasteiger partial charge in [0, 0.05) is 25.1 Å². The van der Waals surface area contributed by atoms with Crippen LogP contribution in [0.5, 0.6) is 0 Å². The van der Waals surface area contributed by atoms with Crippen molar-refractivity contribution in [1.29, 1.82) is 0 Å². The van der Waals surface area contributed by atoms with E-state index in [1.807, 2.05) is 0 Å². The molecule has 0 amide bonds. The van der Waals surface area contributed by atoms with E-state index in [0.717, 1.165) is 19.5 Å². The highest BCUT2D eigenvalue weighted by atomic mass is 16.3. The predicted molar refractivity (Wildman–Crippen MR) is 40.7 cm³/mol. The lowest BCUT2D eigenvalue weighted by atomic mass is 9.94. The molecule has 0 bridgehead atoms. The normalized spacial score (nSPS) is 36.3. The standard InChI is InChI=1S/C7H16N2O/c1-9-3-2-7(8)6(4-9)5-10/h6-7,10H,2-5,8H2,1H3/t6-,7+/m1/s1. The summed E-state index contributed by atoms with van der Waals surface area (Å²) in [7, 11) is 2.06. The quantitative estimate of drug-likeness (QED) is 0.509. The van der Waals surface area contributed by atoms with Gasteiger partial charge in [0.25, 0.3) is 0 Å². The zero-order valence-electron chi connectivity index (χ0n) is 6.45. The van der Waals surface area contributed by atoms with Crippen LogP contribution in [-0.2, 0) is 0 Å². The lowest BCUT2D eigenvalue weighted by molar-refractivity contribution is 0.120. The topological polar surface area (TPSA) is 49.5 Å². The molecule has 1 aliphatic rings. The molecule has 0 spiro atoms. The molecule has 0 aromatic rings. The Hall–Kier alpha value is -0.120. The fourth-order valence-corrected chi connectivity index (χ4v) is 1.43. The lowest BCUT2D eigenvalue weighted by Crippen LogP contribution is -2.46. The summed E-state index contributed by atoms with van der Waals surface area (Å²) in [4.78, 5) is 2.21. The number of aliphatic hydroxyl groups is 1. The number of nitrogens with two attached hydrogens (primary N) is 1. The summed E-state index contributed by atoms with van der Waals surface area (Å²) in [5, 5.41) is 8.87. The Morgan fingerprint density at radius 3 is 2.90 bits per heavy atom. The maximum Gasteiger partial charge on any atom is 0.0486 e. The van der Waals surface area contributed by atoms with Gasteiger partial charge >= 0.3 is 0 Å². The molecule has 3 heteroatoms. The Balaban J connectivity index is 2.38. The van der Waals surface area contributed by atoms with E-state index in [4.69, 9.17) is 10.8 Å².